The zero-order chi connectivity index (χ0) is 25.2. The monoisotopic (exact) mass is 482 g/mol. The van der Waals surface area contributed by atoms with Gasteiger partial charge in [-0.15, -0.1) is 0 Å². The number of halogens is 3. The van der Waals surface area contributed by atoms with Crippen molar-refractivity contribution in [2.45, 2.75) is 6.18 Å². The average Bonchev–Trinajstić information content (AvgIpc) is 3.37. The van der Waals surface area contributed by atoms with Crippen LogP contribution in [0, 0.1) is 0 Å². The molecule has 0 bridgehead atoms. The molecule has 1 aromatic carbocycles. The molecule has 0 spiro atoms. The van der Waals surface area contributed by atoms with Crippen LogP contribution in [0.15, 0.2) is 73.3 Å². The number of carboxylic acid groups (broad SMARTS) is 1. The van der Waals surface area contributed by atoms with E-state index in [-0.39, 0.29) is 5.91 Å². The molecule has 5 rings (SSSR count). The molecule has 35 heavy (non-hydrogen) atoms. The minimum atomic E-state index is -5.08. The lowest BCUT2D eigenvalue weighted by atomic mass is 10.2. The first-order valence-electron chi connectivity index (χ1n) is 10.1. The number of carboxylic acids is 1. The Morgan fingerprint density at radius 1 is 0.971 bits per heavy atom. The number of nitrogens with zero attached hydrogens (tertiary/aromatic N) is 5. The second-order valence-electron chi connectivity index (χ2n) is 7.22. The molecule has 0 fully saturated rings. The van der Waals surface area contributed by atoms with Crippen molar-refractivity contribution in [2.75, 3.05) is 5.32 Å². The fourth-order valence-corrected chi connectivity index (χ4v) is 3.52. The number of amides is 1. The van der Waals surface area contributed by atoms with Crippen LogP contribution in [-0.4, -0.2) is 47.2 Å². The summed E-state index contributed by atoms with van der Waals surface area (Å²) in [5, 5.41) is 11.1. The number of hydrogen-bond acceptors (Lipinski definition) is 5. The van der Waals surface area contributed by atoms with E-state index in [1.165, 1.54) is 0 Å². The van der Waals surface area contributed by atoms with E-state index >= 15 is 0 Å². The second kappa shape index (κ2) is 9.25. The highest BCUT2D eigenvalue weighted by atomic mass is 19.4. The van der Waals surface area contributed by atoms with Crippen molar-refractivity contribution in [1.29, 1.82) is 0 Å². The number of alkyl halides is 3. The van der Waals surface area contributed by atoms with E-state index in [9.17, 15) is 18.0 Å². The number of fused-ring (bicyclic) bond motifs is 3. The van der Waals surface area contributed by atoms with Crippen molar-refractivity contribution >= 4 is 39.5 Å². The third-order valence-corrected chi connectivity index (χ3v) is 5.01. The van der Waals surface area contributed by atoms with Crippen LogP contribution in [0.3, 0.4) is 0 Å². The number of carbonyl (C=O) groups is 2. The molecular weight excluding hydrogens is 465 g/mol. The minimum Gasteiger partial charge on any atom is -0.475 e. The van der Waals surface area contributed by atoms with Crippen molar-refractivity contribution in [3.8, 4) is 5.95 Å². The molecule has 4 heterocycles. The summed E-state index contributed by atoms with van der Waals surface area (Å²) >= 11 is 0. The van der Waals surface area contributed by atoms with Crippen LogP contribution in [0.4, 0.5) is 18.9 Å². The predicted molar refractivity (Wildman–Crippen MR) is 121 cm³/mol. The first-order chi connectivity index (χ1) is 16.7. The van der Waals surface area contributed by atoms with Gasteiger partial charge in [0.25, 0.3) is 5.91 Å². The zero-order valence-electron chi connectivity index (χ0n) is 18.1. The van der Waals surface area contributed by atoms with Gasteiger partial charge in [0.2, 0.25) is 5.95 Å². The maximum Gasteiger partial charge on any atom is 0.490 e. The van der Waals surface area contributed by atoms with Gasteiger partial charge >= 0.3 is 12.1 Å². The van der Waals surface area contributed by atoms with Gasteiger partial charge in [0, 0.05) is 31.0 Å². The topological polar surface area (TPSA) is 115 Å². The molecule has 4 aromatic heterocycles. The first kappa shape index (κ1) is 23.4. The third-order valence-electron chi connectivity index (χ3n) is 5.01. The number of aryl methyl sites for hydroxylation is 1. The Morgan fingerprint density at radius 3 is 2.29 bits per heavy atom. The van der Waals surface area contributed by atoms with E-state index in [1.54, 1.807) is 43.0 Å². The molecule has 9 nitrogen and oxygen atoms in total. The standard InChI is InChI=1S/C21H16N6O.C2HF3O2/c1-26-16-8-3-2-7-15(16)19-17(26)12-18(27(19)21-23-10-5-11-24-21)20(28)25-14-6-4-9-22-13-14;3-2(4,5)1(6)7/h2-13H,1H3,(H,25,28);(H,6,7). The number of pyridine rings is 1. The predicted octanol–water partition coefficient (Wildman–Crippen LogP) is 4.19. The maximum absolute atomic E-state index is 13.1. The Bertz CT molecular complexity index is 1510. The highest BCUT2D eigenvalue weighted by Gasteiger charge is 2.38. The Kier molecular flexibility index (Phi) is 6.19. The quantitative estimate of drug-likeness (QED) is 0.399. The number of rotatable bonds is 3. The van der Waals surface area contributed by atoms with Crippen LogP contribution in [0.5, 0.6) is 0 Å². The van der Waals surface area contributed by atoms with Crippen LogP contribution in [0.1, 0.15) is 10.5 Å². The zero-order valence-corrected chi connectivity index (χ0v) is 18.1. The lowest BCUT2D eigenvalue weighted by Gasteiger charge is -2.09. The van der Waals surface area contributed by atoms with Crippen molar-refractivity contribution < 1.29 is 27.9 Å². The Hall–Kier alpha value is -4.74. The molecule has 0 aliphatic carbocycles. The van der Waals surface area contributed by atoms with E-state index in [0.717, 1.165) is 21.9 Å². The summed E-state index contributed by atoms with van der Waals surface area (Å²) in [5.74, 6) is -2.56. The van der Waals surface area contributed by atoms with Gasteiger partial charge in [-0.2, -0.15) is 13.2 Å². The van der Waals surface area contributed by atoms with Gasteiger partial charge in [0.05, 0.1) is 28.4 Å². The molecular formula is C23H17F3N6O3. The Balaban J connectivity index is 0.000000364. The summed E-state index contributed by atoms with van der Waals surface area (Å²) in [6.45, 7) is 0. The molecule has 0 saturated carbocycles. The van der Waals surface area contributed by atoms with E-state index in [0.29, 0.717) is 17.3 Å². The van der Waals surface area contributed by atoms with Gasteiger partial charge in [0.1, 0.15) is 5.69 Å². The molecule has 1 amide bonds. The number of aliphatic carboxylic acids is 1. The number of benzene rings is 1. The first-order valence-corrected chi connectivity index (χ1v) is 10.1. The van der Waals surface area contributed by atoms with Gasteiger partial charge < -0.3 is 15.0 Å². The number of para-hydroxylation sites is 1. The molecule has 12 heteroatoms. The summed E-state index contributed by atoms with van der Waals surface area (Å²) in [7, 11) is 1.99. The highest BCUT2D eigenvalue weighted by molar-refractivity contribution is 6.13. The second-order valence-corrected chi connectivity index (χ2v) is 7.22. The third kappa shape index (κ3) is 4.67. The van der Waals surface area contributed by atoms with Crippen molar-refractivity contribution in [3.05, 3.63) is 79.0 Å². The Morgan fingerprint density at radius 2 is 1.66 bits per heavy atom. The summed E-state index contributed by atoms with van der Waals surface area (Å²) in [6.07, 6.45) is 1.53. The Labute approximate surface area is 195 Å². The van der Waals surface area contributed by atoms with Crippen molar-refractivity contribution in [3.63, 3.8) is 0 Å². The maximum atomic E-state index is 13.1. The highest BCUT2D eigenvalue weighted by Crippen LogP contribution is 2.32. The van der Waals surface area contributed by atoms with Crippen LogP contribution in [0.2, 0.25) is 0 Å². The fraction of sp³-hybridized carbons (Fsp3) is 0.0870. The summed E-state index contributed by atoms with van der Waals surface area (Å²) in [6, 6.07) is 15.3. The van der Waals surface area contributed by atoms with Crippen molar-refractivity contribution in [1.82, 2.24) is 24.1 Å². The van der Waals surface area contributed by atoms with Crippen LogP contribution in [0.25, 0.3) is 27.9 Å². The molecule has 5 aromatic rings. The number of anilines is 1. The molecule has 0 unspecified atom stereocenters. The lowest BCUT2D eigenvalue weighted by molar-refractivity contribution is -0.192. The molecule has 2 N–H and O–H groups in total. The molecule has 0 aliphatic heterocycles. The number of carbonyl (C=O) groups excluding carboxylic acids is 1. The molecule has 0 saturated heterocycles. The summed E-state index contributed by atoms with van der Waals surface area (Å²) in [4.78, 5) is 34.8. The van der Waals surface area contributed by atoms with Crippen LogP contribution >= 0.6 is 0 Å². The van der Waals surface area contributed by atoms with Gasteiger partial charge in [0.15, 0.2) is 0 Å². The smallest absolute Gasteiger partial charge is 0.475 e. The van der Waals surface area contributed by atoms with E-state index in [1.807, 2.05) is 35.9 Å². The van der Waals surface area contributed by atoms with Crippen molar-refractivity contribution in [2.24, 2.45) is 7.05 Å². The normalized spacial score (nSPS) is 11.2. The SMILES string of the molecule is Cn1c2ccccc2c2c1cc(C(=O)Nc1cccnc1)n2-c1ncccn1.O=C(O)C(F)(F)F. The van der Waals surface area contributed by atoms with Crippen LogP contribution in [-0.2, 0) is 11.8 Å². The molecule has 178 valence electrons. The molecule has 0 atom stereocenters. The van der Waals surface area contributed by atoms with Gasteiger partial charge in [-0.25, -0.2) is 14.8 Å². The summed E-state index contributed by atoms with van der Waals surface area (Å²) in [5.41, 5.74) is 4.01. The van der Waals surface area contributed by atoms with Gasteiger partial charge in [-0.3, -0.25) is 14.3 Å². The number of aromatic nitrogens is 5. The van der Waals surface area contributed by atoms with E-state index in [4.69, 9.17) is 9.90 Å². The van der Waals surface area contributed by atoms with E-state index in [2.05, 4.69) is 30.9 Å². The molecule has 0 radical (unpaired) electrons. The minimum absolute atomic E-state index is 0.249. The number of hydrogen-bond donors (Lipinski definition) is 2. The largest absolute Gasteiger partial charge is 0.490 e. The van der Waals surface area contributed by atoms with Gasteiger partial charge in [-0.1, -0.05) is 18.2 Å². The average molecular weight is 482 g/mol. The van der Waals surface area contributed by atoms with Crippen LogP contribution < -0.4 is 5.32 Å². The molecule has 0 aliphatic rings. The lowest BCUT2D eigenvalue weighted by Crippen LogP contribution is -2.21. The summed E-state index contributed by atoms with van der Waals surface area (Å²) < 4.78 is 35.6. The fourth-order valence-electron chi connectivity index (χ4n) is 3.52. The number of nitrogens with one attached hydrogen (secondary N) is 1. The van der Waals surface area contributed by atoms with E-state index < -0.39 is 12.1 Å². The van der Waals surface area contributed by atoms with Gasteiger partial charge in [-0.05, 0) is 30.3 Å².